The summed E-state index contributed by atoms with van der Waals surface area (Å²) in [6.07, 6.45) is 4.24. The Bertz CT molecular complexity index is 605. The molecule has 0 radical (unpaired) electrons. The molecule has 1 atom stereocenters. The Morgan fingerprint density at radius 2 is 2.45 bits per heavy atom. The van der Waals surface area contributed by atoms with Gasteiger partial charge in [-0.1, -0.05) is 0 Å². The van der Waals surface area contributed by atoms with Gasteiger partial charge in [-0.25, -0.2) is 0 Å². The predicted octanol–water partition coefficient (Wildman–Crippen LogP) is 2.30. The molecule has 0 aromatic carbocycles. The highest BCUT2D eigenvalue weighted by molar-refractivity contribution is 5.35. The molecule has 0 saturated carbocycles. The average molecular weight is 269 g/mol. The van der Waals surface area contributed by atoms with E-state index in [-0.39, 0.29) is 0 Å². The maximum atomic E-state index is 9.01. The van der Waals surface area contributed by atoms with E-state index in [0.29, 0.717) is 5.92 Å². The summed E-state index contributed by atoms with van der Waals surface area (Å²) in [7, 11) is 0. The van der Waals surface area contributed by atoms with E-state index < -0.39 is 0 Å². The van der Waals surface area contributed by atoms with Crippen molar-refractivity contribution in [1.29, 1.82) is 5.26 Å². The van der Waals surface area contributed by atoms with Crippen molar-refractivity contribution < 1.29 is 0 Å². The molecule has 1 aliphatic rings. The van der Waals surface area contributed by atoms with Gasteiger partial charge in [0.05, 0.1) is 5.56 Å². The molecule has 5 nitrogen and oxygen atoms in total. The molecule has 1 aliphatic heterocycles. The van der Waals surface area contributed by atoms with Crippen LogP contribution in [0.1, 0.15) is 41.4 Å². The number of H-pyrrole nitrogens is 2. The molecule has 0 spiro atoms. The Morgan fingerprint density at radius 1 is 1.55 bits per heavy atom. The van der Waals surface area contributed by atoms with Gasteiger partial charge in [-0.15, -0.1) is 0 Å². The standard InChI is InChI=1S/C15H19N5/c1-11-13(8-16)7-14(18-11)10-20-6-2-3-12(9-20)15-4-5-17-19-15/h4-5,7,12,18H,2-3,6,9-10H2,1H3,(H,17,19). The fourth-order valence-corrected chi connectivity index (χ4v) is 3.02. The lowest BCUT2D eigenvalue weighted by atomic mass is 9.95. The van der Waals surface area contributed by atoms with Gasteiger partial charge in [0.25, 0.3) is 0 Å². The van der Waals surface area contributed by atoms with Gasteiger partial charge < -0.3 is 4.98 Å². The van der Waals surface area contributed by atoms with E-state index in [9.17, 15) is 0 Å². The minimum absolute atomic E-state index is 0.540. The molecule has 2 N–H and O–H groups in total. The smallest absolute Gasteiger partial charge is 0.101 e. The van der Waals surface area contributed by atoms with Gasteiger partial charge in [0.1, 0.15) is 6.07 Å². The molecule has 2 aromatic rings. The van der Waals surface area contributed by atoms with E-state index in [2.05, 4.69) is 32.2 Å². The summed E-state index contributed by atoms with van der Waals surface area (Å²) in [5, 5.41) is 16.1. The number of aryl methyl sites for hydroxylation is 1. The van der Waals surface area contributed by atoms with Crippen LogP contribution in [0, 0.1) is 18.3 Å². The fourth-order valence-electron chi connectivity index (χ4n) is 3.02. The number of piperidine rings is 1. The van der Waals surface area contributed by atoms with Crippen LogP contribution < -0.4 is 0 Å². The number of nitrogens with zero attached hydrogens (tertiary/aromatic N) is 3. The number of nitriles is 1. The average Bonchev–Trinajstić information content (AvgIpc) is 3.09. The van der Waals surface area contributed by atoms with Crippen LogP contribution in [0.15, 0.2) is 18.3 Å². The predicted molar refractivity (Wildman–Crippen MR) is 76.1 cm³/mol. The van der Waals surface area contributed by atoms with Crippen molar-refractivity contribution in [3.05, 3.63) is 41.0 Å². The van der Waals surface area contributed by atoms with Crippen LogP contribution in [-0.4, -0.2) is 33.2 Å². The lowest BCUT2D eigenvalue weighted by Crippen LogP contribution is -2.34. The van der Waals surface area contributed by atoms with Crippen LogP contribution in [0.5, 0.6) is 0 Å². The van der Waals surface area contributed by atoms with E-state index in [0.717, 1.165) is 36.6 Å². The summed E-state index contributed by atoms with van der Waals surface area (Å²) < 4.78 is 0. The van der Waals surface area contributed by atoms with Crippen LogP contribution >= 0.6 is 0 Å². The number of likely N-dealkylation sites (tertiary alicyclic amines) is 1. The second kappa shape index (κ2) is 5.51. The molecule has 0 bridgehead atoms. The van der Waals surface area contributed by atoms with Crippen molar-refractivity contribution in [3.8, 4) is 6.07 Å². The quantitative estimate of drug-likeness (QED) is 0.898. The van der Waals surface area contributed by atoms with Gasteiger partial charge in [0, 0.05) is 42.3 Å². The largest absolute Gasteiger partial charge is 0.360 e. The molecule has 20 heavy (non-hydrogen) atoms. The van der Waals surface area contributed by atoms with E-state index >= 15 is 0 Å². The molecule has 5 heteroatoms. The maximum Gasteiger partial charge on any atom is 0.101 e. The van der Waals surface area contributed by atoms with Crippen LogP contribution in [0.4, 0.5) is 0 Å². The lowest BCUT2D eigenvalue weighted by molar-refractivity contribution is 0.196. The van der Waals surface area contributed by atoms with Crippen LogP contribution in [0.3, 0.4) is 0 Å². The minimum atomic E-state index is 0.540. The zero-order chi connectivity index (χ0) is 13.9. The SMILES string of the molecule is Cc1[nH]c(CN2CCCC(c3ccn[nH]3)C2)cc1C#N. The van der Waals surface area contributed by atoms with Gasteiger partial charge >= 0.3 is 0 Å². The summed E-state index contributed by atoms with van der Waals surface area (Å²) in [4.78, 5) is 5.75. The zero-order valence-corrected chi connectivity index (χ0v) is 11.7. The van der Waals surface area contributed by atoms with Crippen LogP contribution in [0.25, 0.3) is 0 Å². The Balaban J connectivity index is 1.67. The van der Waals surface area contributed by atoms with Gasteiger partial charge in [-0.3, -0.25) is 10.00 Å². The molecule has 1 fully saturated rings. The Labute approximate surface area is 118 Å². The highest BCUT2D eigenvalue weighted by Gasteiger charge is 2.22. The first kappa shape index (κ1) is 12.9. The van der Waals surface area contributed by atoms with Crippen LogP contribution in [0.2, 0.25) is 0 Å². The third-order valence-electron chi connectivity index (χ3n) is 4.05. The first-order valence-corrected chi connectivity index (χ1v) is 7.06. The molecule has 3 heterocycles. The van der Waals surface area contributed by atoms with E-state index in [1.54, 1.807) is 0 Å². The second-order valence-electron chi connectivity index (χ2n) is 5.53. The van der Waals surface area contributed by atoms with Crippen molar-refractivity contribution in [2.75, 3.05) is 13.1 Å². The summed E-state index contributed by atoms with van der Waals surface area (Å²) in [6, 6.07) is 6.26. The highest BCUT2D eigenvalue weighted by Crippen LogP contribution is 2.26. The summed E-state index contributed by atoms with van der Waals surface area (Å²) in [6.45, 7) is 4.99. The maximum absolute atomic E-state index is 9.01. The monoisotopic (exact) mass is 269 g/mol. The van der Waals surface area contributed by atoms with E-state index in [1.807, 2.05) is 19.2 Å². The first-order valence-electron chi connectivity index (χ1n) is 7.06. The van der Waals surface area contributed by atoms with Crippen molar-refractivity contribution in [3.63, 3.8) is 0 Å². The Morgan fingerprint density at radius 3 is 3.15 bits per heavy atom. The van der Waals surface area contributed by atoms with Gasteiger partial charge in [-0.2, -0.15) is 10.4 Å². The molecule has 0 amide bonds. The first-order chi connectivity index (χ1) is 9.76. The summed E-state index contributed by atoms with van der Waals surface area (Å²) in [5.41, 5.74) is 4.08. The van der Waals surface area contributed by atoms with E-state index in [4.69, 9.17) is 5.26 Å². The van der Waals surface area contributed by atoms with Crippen molar-refractivity contribution >= 4 is 0 Å². The summed E-state index contributed by atoms with van der Waals surface area (Å²) >= 11 is 0. The number of nitrogens with one attached hydrogen (secondary N) is 2. The molecule has 3 rings (SSSR count). The number of rotatable bonds is 3. The van der Waals surface area contributed by atoms with Crippen molar-refractivity contribution in [1.82, 2.24) is 20.1 Å². The van der Waals surface area contributed by atoms with Gasteiger partial charge in [0.2, 0.25) is 0 Å². The highest BCUT2D eigenvalue weighted by atomic mass is 15.2. The molecular formula is C15H19N5. The molecule has 104 valence electrons. The molecule has 1 saturated heterocycles. The number of hydrogen-bond acceptors (Lipinski definition) is 3. The third-order valence-corrected chi connectivity index (χ3v) is 4.05. The molecule has 2 aromatic heterocycles. The topological polar surface area (TPSA) is 71.5 Å². The molecule has 0 aliphatic carbocycles. The zero-order valence-electron chi connectivity index (χ0n) is 11.7. The lowest BCUT2D eigenvalue weighted by Gasteiger charge is -2.31. The molecule has 1 unspecified atom stereocenters. The van der Waals surface area contributed by atoms with Crippen LogP contribution in [-0.2, 0) is 6.54 Å². The fraction of sp³-hybridized carbons (Fsp3) is 0.467. The Kier molecular flexibility index (Phi) is 3.57. The number of aromatic nitrogens is 3. The second-order valence-corrected chi connectivity index (χ2v) is 5.53. The number of aromatic amines is 2. The van der Waals surface area contributed by atoms with Gasteiger partial charge in [0.15, 0.2) is 0 Å². The molecular weight excluding hydrogens is 250 g/mol. The third kappa shape index (κ3) is 2.61. The Hall–Kier alpha value is -2.06. The summed E-state index contributed by atoms with van der Waals surface area (Å²) in [5.74, 6) is 0.540. The number of hydrogen-bond donors (Lipinski definition) is 2. The van der Waals surface area contributed by atoms with Gasteiger partial charge in [-0.05, 0) is 38.4 Å². The minimum Gasteiger partial charge on any atom is -0.360 e. The van der Waals surface area contributed by atoms with Crippen molar-refractivity contribution in [2.45, 2.75) is 32.2 Å². The van der Waals surface area contributed by atoms with E-state index in [1.165, 1.54) is 18.5 Å². The normalized spacial score (nSPS) is 19.9. The van der Waals surface area contributed by atoms with Crippen molar-refractivity contribution in [2.24, 2.45) is 0 Å².